The third-order valence-corrected chi connectivity index (χ3v) is 5.02. The first-order valence-corrected chi connectivity index (χ1v) is 8.35. The Hall–Kier alpha value is -1.54. The maximum Gasteiger partial charge on any atom is 0.320 e. The maximum absolute atomic E-state index is 14.1. The summed E-state index contributed by atoms with van der Waals surface area (Å²) in [5.41, 5.74) is 6.49. The van der Waals surface area contributed by atoms with Crippen LogP contribution in [0.4, 0.5) is 9.18 Å². The third kappa shape index (κ3) is 3.53. The Kier molecular flexibility index (Phi) is 4.91. The Morgan fingerprint density at radius 3 is 2.26 bits per heavy atom. The number of halogens is 1. The van der Waals surface area contributed by atoms with E-state index in [2.05, 4.69) is 22.2 Å². The SMILES string of the molecule is CN1CCN(C(=O)N2CCN(C3C(N)=CNCC3F)CC2)CC1. The van der Waals surface area contributed by atoms with Crippen LogP contribution in [0.2, 0.25) is 0 Å². The second-order valence-corrected chi connectivity index (χ2v) is 6.61. The van der Waals surface area contributed by atoms with Gasteiger partial charge in [0.25, 0.3) is 0 Å². The summed E-state index contributed by atoms with van der Waals surface area (Å²) in [5.74, 6) is 0. The van der Waals surface area contributed by atoms with Crippen molar-refractivity contribution in [2.24, 2.45) is 5.73 Å². The molecule has 130 valence electrons. The van der Waals surface area contributed by atoms with E-state index in [0.29, 0.717) is 38.4 Å². The van der Waals surface area contributed by atoms with E-state index in [0.717, 1.165) is 26.2 Å². The van der Waals surface area contributed by atoms with Crippen molar-refractivity contribution >= 4 is 6.03 Å². The highest BCUT2D eigenvalue weighted by molar-refractivity contribution is 5.74. The number of piperazine rings is 2. The summed E-state index contributed by atoms with van der Waals surface area (Å²) in [4.78, 5) is 20.7. The van der Waals surface area contributed by atoms with E-state index < -0.39 is 6.17 Å². The van der Waals surface area contributed by atoms with E-state index in [-0.39, 0.29) is 12.1 Å². The second kappa shape index (κ2) is 6.92. The van der Waals surface area contributed by atoms with Crippen LogP contribution in [0.25, 0.3) is 0 Å². The number of rotatable bonds is 1. The van der Waals surface area contributed by atoms with Crippen molar-refractivity contribution in [3.63, 3.8) is 0 Å². The summed E-state index contributed by atoms with van der Waals surface area (Å²) in [6.45, 7) is 6.31. The number of nitrogens with two attached hydrogens (primary N) is 1. The number of urea groups is 1. The highest BCUT2D eigenvalue weighted by Gasteiger charge is 2.35. The number of nitrogens with zero attached hydrogens (tertiary/aromatic N) is 4. The molecule has 3 aliphatic heterocycles. The molecule has 2 unspecified atom stereocenters. The number of amides is 2. The first-order valence-electron chi connectivity index (χ1n) is 8.35. The summed E-state index contributed by atoms with van der Waals surface area (Å²) >= 11 is 0. The number of likely N-dealkylation sites (N-methyl/N-ethyl adjacent to an activating group) is 1. The van der Waals surface area contributed by atoms with Crippen LogP contribution in [0.1, 0.15) is 0 Å². The molecule has 3 heterocycles. The van der Waals surface area contributed by atoms with E-state index in [9.17, 15) is 9.18 Å². The van der Waals surface area contributed by atoms with Crippen LogP contribution in [0.15, 0.2) is 11.9 Å². The molecule has 0 aromatic carbocycles. The van der Waals surface area contributed by atoms with Crippen molar-refractivity contribution in [1.29, 1.82) is 0 Å². The number of hydrogen-bond donors (Lipinski definition) is 2. The molecule has 0 bridgehead atoms. The van der Waals surface area contributed by atoms with Gasteiger partial charge in [-0.1, -0.05) is 0 Å². The lowest BCUT2D eigenvalue weighted by atomic mass is 10.0. The minimum atomic E-state index is -1.00. The molecule has 7 nitrogen and oxygen atoms in total. The standard InChI is InChI=1S/C15H27FN6O/c1-19-2-4-21(5-3-19)15(23)22-8-6-20(7-9-22)14-12(16)10-18-11-13(14)17/h11-12,14,18H,2-10,17H2,1H3. The molecule has 23 heavy (non-hydrogen) atoms. The van der Waals surface area contributed by atoms with E-state index in [1.807, 2.05) is 9.80 Å². The minimum Gasteiger partial charge on any atom is -0.399 e. The van der Waals surface area contributed by atoms with Gasteiger partial charge in [-0.3, -0.25) is 4.90 Å². The van der Waals surface area contributed by atoms with Gasteiger partial charge >= 0.3 is 6.03 Å². The molecule has 2 atom stereocenters. The van der Waals surface area contributed by atoms with Crippen LogP contribution < -0.4 is 11.1 Å². The zero-order valence-corrected chi connectivity index (χ0v) is 13.7. The Labute approximate surface area is 136 Å². The Balaban J connectivity index is 1.53. The molecule has 0 aliphatic carbocycles. The highest BCUT2D eigenvalue weighted by Crippen LogP contribution is 2.19. The molecule has 3 aliphatic rings. The van der Waals surface area contributed by atoms with Gasteiger partial charge in [-0.15, -0.1) is 0 Å². The van der Waals surface area contributed by atoms with Gasteiger partial charge in [0.2, 0.25) is 0 Å². The molecule has 2 saturated heterocycles. The molecule has 3 N–H and O–H groups in total. The molecule has 0 aromatic rings. The van der Waals surface area contributed by atoms with Crippen LogP contribution in [0, 0.1) is 0 Å². The first kappa shape index (κ1) is 16.3. The smallest absolute Gasteiger partial charge is 0.320 e. The molecule has 0 radical (unpaired) electrons. The maximum atomic E-state index is 14.1. The van der Waals surface area contributed by atoms with Crippen molar-refractivity contribution < 1.29 is 9.18 Å². The Morgan fingerprint density at radius 2 is 1.70 bits per heavy atom. The lowest BCUT2D eigenvalue weighted by Gasteiger charge is -2.43. The van der Waals surface area contributed by atoms with Gasteiger partial charge in [-0.05, 0) is 7.05 Å². The lowest BCUT2D eigenvalue weighted by Crippen LogP contribution is -2.60. The average Bonchev–Trinajstić information content (AvgIpc) is 2.55. The van der Waals surface area contributed by atoms with Crippen LogP contribution >= 0.6 is 0 Å². The topological polar surface area (TPSA) is 68.1 Å². The predicted octanol–water partition coefficient (Wildman–Crippen LogP) is -0.919. The predicted molar refractivity (Wildman–Crippen MR) is 86.6 cm³/mol. The van der Waals surface area contributed by atoms with E-state index in [4.69, 9.17) is 5.73 Å². The van der Waals surface area contributed by atoms with Crippen LogP contribution in [0.5, 0.6) is 0 Å². The average molecular weight is 326 g/mol. The fourth-order valence-electron chi connectivity index (χ4n) is 3.52. The molecule has 0 saturated carbocycles. The monoisotopic (exact) mass is 326 g/mol. The fourth-order valence-corrected chi connectivity index (χ4v) is 3.52. The summed E-state index contributed by atoms with van der Waals surface area (Å²) < 4.78 is 14.1. The number of hydrogen-bond acceptors (Lipinski definition) is 5. The van der Waals surface area contributed by atoms with Crippen LogP contribution in [-0.4, -0.2) is 104 Å². The van der Waals surface area contributed by atoms with Crippen molar-refractivity contribution in [1.82, 2.24) is 24.9 Å². The second-order valence-electron chi connectivity index (χ2n) is 6.61. The Bertz CT molecular complexity index is 457. The van der Waals surface area contributed by atoms with Crippen LogP contribution in [0.3, 0.4) is 0 Å². The fraction of sp³-hybridized carbons (Fsp3) is 0.800. The molecular formula is C15H27FN6O. The summed E-state index contributed by atoms with van der Waals surface area (Å²) in [6.07, 6.45) is 0.697. The van der Waals surface area contributed by atoms with Crippen molar-refractivity contribution in [2.75, 3.05) is 66.0 Å². The van der Waals surface area contributed by atoms with Gasteiger partial charge in [-0.2, -0.15) is 0 Å². The molecule has 3 rings (SSSR count). The van der Waals surface area contributed by atoms with Crippen LogP contribution in [-0.2, 0) is 0 Å². The van der Waals surface area contributed by atoms with Gasteiger partial charge in [0.05, 0.1) is 6.04 Å². The van der Waals surface area contributed by atoms with Gasteiger partial charge in [-0.25, -0.2) is 9.18 Å². The quantitative estimate of drug-likeness (QED) is 0.652. The largest absolute Gasteiger partial charge is 0.399 e. The summed E-state index contributed by atoms with van der Waals surface area (Å²) in [5, 5.41) is 2.86. The van der Waals surface area contributed by atoms with Crippen molar-refractivity contribution in [2.45, 2.75) is 12.2 Å². The van der Waals surface area contributed by atoms with Gasteiger partial charge in [0.1, 0.15) is 6.17 Å². The third-order valence-electron chi connectivity index (χ3n) is 5.02. The molecule has 0 spiro atoms. The number of alkyl halides is 1. The number of carbonyl (C=O) groups is 1. The van der Waals surface area contributed by atoms with Crippen molar-refractivity contribution in [3.05, 3.63) is 11.9 Å². The van der Waals surface area contributed by atoms with E-state index >= 15 is 0 Å². The molecule has 8 heteroatoms. The molecular weight excluding hydrogens is 299 g/mol. The van der Waals surface area contributed by atoms with Gasteiger partial charge in [0.15, 0.2) is 0 Å². The first-order chi connectivity index (χ1) is 11.1. The molecule has 0 aromatic heterocycles. The van der Waals surface area contributed by atoms with E-state index in [1.54, 1.807) is 6.20 Å². The minimum absolute atomic E-state index is 0.114. The van der Waals surface area contributed by atoms with Gasteiger partial charge in [0, 0.05) is 70.8 Å². The number of nitrogens with one attached hydrogen (secondary N) is 1. The Morgan fingerprint density at radius 1 is 1.13 bits per heavy atom. The van der Waals surface area contributed by atoms with Gasteiger partial charge < -0.3 is 25.8 Å². The number of carbonyl (C=O) groups excluding carboxylic acids is 1. The molecule has 2 fully saturated rings. The highest BCUT2D eigenvalue weighted by atomic mass is 19.1. The molecule has 2 amide bonds. The lowest BCUT2D eigenvalue weighted by molar-refractivity contribution is 0.0629. The normalized spacial score (nSPS) is 30.8. The summed E-state index contributed by atoms with van der Waals surface area (Å²) in [7, 11) is 2.07. The zero-order valence-electron chi connectivity index (χ0n) is 13.7. The van der Waals surface area contributed by atoms with E-state index in [1.165, 1.54) is 0 Å². The zero-order chi connectivity index (χ0) is 16.4. The van der Waals surface area contributed by atoms with Crippen molar-refractivity contribution in [3.8, 4) is 0 Å². The summed E-state index contributed by atoms with van der Waals surface area (Å²) in [6, 6.07) is -0.250.